The quantitative estimate of drug-likeness (QED) is 0.151. The standard InChI is InChI=1S/C39H32N5OP/c45-46(39-25-9-12-28-42-39,43(33-17-3-1-4-18-33)35-21-13-15-31(29-35)37-23-7-10-26-40-37)44(34-19-5-2-6-20-34)36-22-14-16-32(30-36)38-24-8-11-27-41-38/h1-19,21-30,34H,20H2. The van der Waals surface area contributed by atoms with Crippen molar-refractivity contribution in [3.05, 3.63) is 176 Å². The van der Waals surface area contributed by atoms with Crippen LogP contribution in [-0.4, -0.2) is 21.0 Å². The van der Waals surface area contributed by atoms with Gasteiger partial charge in [-0.25, -0.2) is 4.98 Å². The van der Waals surface area contributed by atoms with Crippen molar-refractivity contribution in [2.75, 3.05) is 9.34 Å². The lowest BCUT2D eigenvalue weighted by Crippen LogP contribution is -2.41. The van der Waals surface area contributed by atoms with E-state index >= 15 is 4.57 Å². The van der Waals surface area contributed by atoms with Gasteiger partial charge in [0.25, 0.3) is 0 Å². The summed E-state index contributed by atoms with van der Waals surface area (Å²) in [6.45, 7) is 0. The Morgan fingerprint density at radius 3 is 1.74 bits per heavy atom. The summed E-state index contributed by atoms with van der Waals surface area (Å²) in [6, 6.07) is 43.3. The smallest absolute Gasteiger partial charge is 0.295 e. The SMILES string of the molecule is O=P(c1ccccn1)(N(c1ccccc1)c1cccc(-c2ccccn2)c1)N(c1cccc(-c2ccccn2)c1)C1C=CC=CC1. The molecular weight excluding hydrogens is 585 g/mol. The Labute approximate surface area is 269 Å². The van der Waals surface area contributed by atoms with E-state index in [0.717, 1.165) is 39.6 Å². The van der Waals surface area contributed by atoms with Gasteiger partial charge in [0.2, 0.25) is 0 Å². The van der Waals surface area contributed by atoms with Crippen LogP contribution in [0.4, 0.5) is 17.1 Å². The molecule has 0 saturated carbocycles. The first-order valence-electron chi connectivity index (χ1n) is 15.2. The number of aromatic nitrogens is 3. The van der Waals surface area contributed by atoms with E-state index < -0.39 is 7.44 Å². The number of anilines is 3. The molecule has 1 aliphatic rings. The van der Waals surface area contributed by atoms with Gasteiger partial charge >= 0.3 is 7.44 Å². The Hall–Kier alpha value is -5.58. The summed E-state index contributed by atoms with van der Waals surface area (Å²) in [7, 11) is -3.82. The van der Waals surface area contributed by atoms with Gasteiger partial charge in [-0.05, 0) is 79.2 Å². The van der Waals surface area contributed by atoms with E-state index in [9.17, 15) is 0 Å². The van der Waals surface area contributed by atoms with Crippen molar-refractivity contribution in [3.63, 3.8) is 0 Å². The molecule has 2 unspecified atom stereocenters. The molecule has 2 atom stereocenters. The first kappa shape index (κ1) is 29.1. The fourth-order valence-corrected chi connectivity index (χ4v) is 8.85. The molecule has 224 valence electrons. The third kappa shape index (κ3) is 5.79. The zero-order valence-corrected chi connectivity index (χ0v) is 26.0. The third-order valence-electron chi connectivity index (χ3n) is 7.91. The van der Waals surface area contributed by atoms with Crippen molar-refractivity contribution < 1.29 is 4.57 Å². The molecule has 1 aliphatic carbocycles. The lowest BCUT2D eigenvalue weighted by atomic mass is 10.1. The van der Waals surface area contributed by atoms with E-state index in [1.807, 2.05) is 138 Å². The first-order chi connectivity index (χ1) is 22.7. The van der Waals surface area contributed by atoms with E-state index in [1.165, 1.54) is 0 Å². The van der Waals surface area contributed by atoms with E-state index in [4.69, 9.17) is 4.98 Å². The maximum absolute atomic E-state index is 16.7. The van der Waals surface area contributed by atoms with Gasteiger partial charge in [0.05, 0.1) is 23.1 Å². The van der Waals surface area contributed by atoms with Crippen LogP contribution in [0.3, 0.4) is 0 Å². The van der Waals surface area contributed by atoms with E-state index in [2.05, 4.69) is 38.9 Å². The maximum Gasteiger partial charge on any atom is 0.315 e. The number of hydrogen-bond acceptors (Lipinski definition) is 4. The number of hydrogen-bond donors (Lipinski definition) is 0. The van der Waals surface area contributed by atoms with E-state index in [1.54, 1.807) is 18.6 Å². The monoisotopic (exact) mass is 617 g/mol. The zero-order chi connectivity index (χ0) is 31.2. The van der Waals surface area contributed by atoms with Crippen LogP contribution >= 0.6 is 7.44 Å². The highest BCUT2D eigenvalue weighted by atomic mass is 31.2. The second-order valence-corrected chi connectivity index (χ2v) is 13.2. The van der Waals surface area contributed by atoms with Gasteiger partial charge in [-0.3, -0.25) is 23.9 Å². The summed E-state index contributed by atoms with van der Waals surface area (Å²) < 4.78 is 20.8. The molecule has 3 heterocycles. The van der Waals surface area contributed by atoms with Crippen molar-refractivity contribution in [1.29, 1.82) is 0 Å². The first-order valence-corrected chi connectivity index (χ1v) is 16.9. The minimum Gasteiger partial charge on any atom is -0.295 e. The molecule has 0 spiro atoms. The van der Waals surface area contributed by atoms with Crippen LogP contribution in [0.15, 0.2) is 176 Å². The number of benzene rings is 3. The summed E-state index contributed by atoms with van der Waals surface area (Å²) in [5, 5.41) is 0. The molecule has 0 bridgehead atoms. The fourth-order valence-electron chi connectivity index (χ4n) is 5.84. The molecule has 0 fully saturated rings. The lowest BCUT2D eigenvalue weighted by molar-refractivity contribution is 0.573. The molecule has 0 aliphatic heterocycles. The van der Waals surface area contributed by atoms with Crippen molar-refractivity contribution in [2.45, 2.75) is 12.5 Å². The Balaban J connectivity index is 1.50. The van der Waals surface area contributed by atoms with E-state index in [0.29, 0.717) is 11.9 Å². The predicted molar refractivity (Wildman–Crippen MR) is 189 cm³/mol. The summed E-state index contributed by atoms with van der Waals surface area (Å²) in [5.41, 5.74) is 6.40. The Morgan fingerprint density at radius 1 is 0.565 bits per heavy atom. The van der Waals surface area contributed by atoms with E-state index in [-0.39, 0.29) is 6.04 Å². The minimum absolute atomic E-state index is 0.220. The summed E-state index contributed by atoms with van der Waals surface area (Å²) >= 11 is 0. The summed E-state index contributed by atoms with van der Waals surface area (Å²) in [6.07, 6.45) is 14.3. The van der Waals surface area contributed by atoms with Crippen molar-refractivity contribution >= 4 is 29.9 Å². The van der Waals surface area contributed by atoms with Crippen LogP contribution in [0, 0.1) is 0 Å². The Kier molecular flexibility index (Phi) is 8.36. The molecule has 0 amide bonds. The fraction of sp³-hybridized carbons (Fsp3) is 0.0513. The molecule has 6 aromatic rings. The Morgan fingerprint density at radius 2 is 1.15 bits per heavy atom. The van der Waals surface area contributed by atoms with Crippen LogP contribution in [0.2, 0.25) is 0 Å². The van der Waals surface area contributed by atoms with Gasteiger partial charge in [0, 0.05) is 41.1 Å². The summed E-state index contributed by atoms with van der Waals surface area (Å²) in [5.74, 6) is 0. The van der Waals surface area contributed by atoms with Crippen LogP contribution in [-0.2, 0) is 4.57 Å². The van der Waals surface area contributed by atoms with Gasteiger partial charge in [-0.15, -0.1) is 0 Å². The second kappa shape index (κ2) is 13.2. The number of para-hydroxylation sites is 1. The molecule has 7 rings (SSSR count). The molecule has 0 N–H and O–H groups in total. The van der Waals surface area contributed by atoms with Crippen molar-refractivity contribution in [3.8, 4) is 22.5 Å². The third-order valence-corrected chi connectivity index (χ3v) is 10.9. The van der Waals surface area contributed by atoms with Crippen LogP contribution in [0.5, 0.6) is 0 Å². The highest BCUT2D eigenvalue weighted by Crippen LogP contribution is 2.61. The lowest BCUT2D eigenvalue weighted by Gasteiger charge is -2.44. The number of rotatable bonds is 9. The topological polar surface area (TPSA) is 62.2 Å². The van der Waals surface area contributed by atoms with Gasteiger partial charge in [-0.1, -0.05) is 85.0 Å². The molecule has 6 nitrogen and oxygen atoms in total. The molecular formula is C39H32N5OP. The zero-order valence-electron chi connectivity index (χ0n) is 25.1. The molecule has 0 saturated heterocycles. The number of nitrogens with zero attached hydrogens (tertiary/aromatic N) is 5. The number of pyridine rings is 3. The second-order valence-electron chi connectivity index (χ2n) is 10.9. The molecule has 3 aromatic carbocycles. The average molecular weight is 618 g/mol. The normalized spacial score (nSPS) is 15.2. The van der Waals surface area contributed by atoms with Crippen LogP contribution in [0.1, 0.15) is 6.42 Å². The predicted octanol–water partition coefficient (Wildman–Crippen LogP) is 9.25. The van der Waals surface area contributed by atoms with Crippen LogP contribution < -0.4 is 14.8 Å². The van der Waals surface area contributed by atoms with Crippen molar-refractivity contribution in [2.24, 2.45) is 0 Å². The van der Waals surface area contributed by atoms with Gasteiger partial charge in [-0.2, -0.15) is 0 Å². The number of allylic oxidation sites excluding steroid dienone is 2. The van der Waals surface area contributed by atoms with Gasteiger partial charge < -0.3 is 0 Å². The average Bonchev–Trinajstić information content (AvgIpc) is 3.14. The molecule has 46 heavy (non-hydrogen) atoms. The van der Waals surface area contributed by atoms with Crippen LogP contribution in [0.25, 0.3) is 22.5 Å². The van der Waals surface area contributed by atoms with Gasteiger partial charge in [0.1, 0.15) is 5.44 Å². The highest BCUT2D eigenvalue weighted by Gasteiger charge is 2.45. The molecule has 7 heteroatoms. The van der Waals surface area contributed by atoms with Gasteiger partial charge in [0.15, 0.2) is 0 Å². The Bertz CT molecular complexity index is 2020. The van der Waals surface area contributed by atoms with Crippen molar-refractivity contribution in [1.82, 2.24) is 15.0 Å². The molecule has 3 aromatic heterocycles. The largest absolute Gasteiger partial charge is 0.315 e. The highest BCUT2D eigenvalue weighted by molar-refractivity contribution is 7.74. The summed E-state index contributed by atoms with van der Waals surface area (Å²) in [4.78, 5) is 14.0. The maximum atomic E-state index is 16.7. The minimum atomic E-state index is -3.82. The molecule has 0 radical (unpaired) electrons.